The summed E-state index contributed by atoms with van der Waals surface area (Å²) in [4.78, 5) is 4.56. The van der Waals surface area contributed by atoms with Crippen LogP contribution in [0.15, 0.2) is 18.2 Å². The smallest absolute Gasteiger partial charge is 0.159 e. The molecule has 1 aromatic rings. The lowest BCUT2D eigenvalue weighted by Crippen LogP contribution is -2.33. The molecule has 3 nitrogen and oxygen atoms in total. The first-order valence-electron chi connectivity index (χ1n) is 7.18. The molecule has 5 heteroatoms. The summed E-state index contributed by atoms with van der Waals surface area (Å²) in [6.45, 7) is 7.54. The lowest BCUT2D eigenvalue weighted by molar-refractivity contribution is 0.114. The Morgan fingerprint density at radius 1 is 1.10 bits per heavy atom. The summed E-state index contributed by atoms with van der Waals surface area (Å²) in [6, 6.07) is 3.59. The van der Waals surface area contributed by atoms with Crippen molar-refractivity contribution in [3.8, 4) is 0 Å². The predicted molar refractivity (Wildman–Crippen MR) is 74.5 cm³/mol. The Hall–Kier alpha value is -1.04. The molecule has 0 aromatic heterocycles. The van der Waals surface area contributed by atoms with Crippen LogP contribution in [0.5, 0.6) is 0 Å². The number of hydrogen-bond donors (Lipinski definition) is 1. The van der Waals surface area contributed by atoms with Gasteiger partial charge in [0.15, 0.2) is 11.6 Å². The first kappa shape index (κ1) is 15.4. The highest BCUT2D eigenvalue weighted by atomic mass is 19.2. The molecule has 0 saturated carbocycles. The molecule has 1 unspecified atom stereocenters. The quantitative estimate of drug-likeness (QED) is 0.916. The Morgan fingerprint density at radius 2 is 1.80 bits per heavy atom. The minimum Gasteiger partial charge on any atom is -0.387 e. The Labute approximate surface area is 118 Å². The SMILES string of the molecule is CCN1CCCN(CC(O)c2ccc(F)c(F)c2)CC1. The van der Waals surface area contributed by atoms with E-state index < -0.39 is 17.7 Å². The molecule has 20 heavy (non-hydrogen) atoms. The van der Waals surface area contributed by atoms with Gasteiger partial charge in [-0.15, -0.1) is 0 Å². The van der Waals surface area contributed by atoms with E-state index in [4.69, 9.17) is 0 Å². The molecule has 1 aromatic carbocycles. The molecule has 1 N–H and O–H groups in total. The van der Waals surface area contributed by atoms with E-state index in [0.29, 0.717) is 12.1 Å². The van der Waals surface area contributed by atoms with Gasteiger partial charge < -0.3 is 10.0 Å². The van der Waals surface area contributed by atoms with Crippen LogP contribution in [0.1, 0.15) is 25.0 Å². The Kier molecular flexibility index (Phi) is 5.46. The molecular weight excluding hydrogens is 262 g/mol. The predicted octanol–water partition coefficient (Wildman–Crippen LogP) is 2.03. The highest BCUT2D eigenvalue weighted by Gasteiger charge is 2.18. The van der Waals surface area contributed by atoms with E-state index in [1.54, 1.807) is 0 Å². The minimum absolute atomic E-state index is 0.431. The number of likely N-dealkylation sites (N-methyl/N-ethyl adjacent to an activating group) is 1. The molecule has 1 atom stereocenters. The van der Waals surface area contributed by atoms with Crippen molar-refractivity contribution >= 4 is 0 Å². The first-order valence-corrected chi connectivity index (χ1v) is 7.18. The van der Waals surface area contributed by atoms with Gasteiger partial charge in [-0.05, 0) is 43.8 Å². The number of rotatable bonds is 4. The Morgan fingerprint density at radius 3 is 2.50 bits per heavy atom. The number of nitrogens with zero attached hydrogens (tertiary/aromatic N) is 2. The zero-order valence-electron chi connectivity index (χ0n) is 11.9. The van der Waals surface area contributed by atoms with Gasteiger partial charge in [-0.3, -0.25) is 4.90 Å². The average Bonchev–Trinajstić information content (AvgIpc) is 2.67. The summed E-state index contributed by atoms with van der Waals surface area (Å²) >= 11 is 0. The third kappa shape index (κ3) is 3.98. The van der Waals surface area contributed by atoms with E-state index in [1.165, 1.54) is 6.07 Å². The monoisotopic (exact) mass is 284 g/mol. The standard InChI is InChI=1S/C15H22F2N2O/c1-2-18-6-3-7-19(9-8-18)11-15(20)12-4-5-13(16)14(17)10-12/h4-5,10,15,20H,2-3,6-9,11H2,1H3. The number of aliphatic hydroxyl groups excluding tert-OH is 1. The molecule has 1 aliphatic rings. The number of benzene rings is 1. The fourth-order valence-electron chi connectivity index (χ4n) is 2.59. The van der Waals surface area contributed by atoms with Crippen LogP contribution < -0.4 is 0 Å². The maximum atomic E-state index is 13.2. The van der Waals surface area contributed by atoms with Crippen LogP contribution >= 0.6 is 0 Å². The van der Waals surface area contributed by atoms with Crippen LogP contribution in [0.3, 0.4) is 0 Å². The van der Waals surface area contributed by atoms with Gasteiger partial charge >= 0.3 is 0 Å². The van der Waals surface area contributed by atoms with Crippen LogP contribution in [-0.4, -0.2) is 54.2 Å². The zero-order valence-corrected chi connectivity index (χ0v) is 11.9. The summed E-state index contributed by atoms with van der Waals surface area (Å²) in [5.74, 6) is -1.79. The summed E-state index contributed by atoms with van der Waals surface area (Å²) in [5.41, 5.74) is 0.431. The largest absolute Gasteiger partial charge is 0.387 e. The van der Waals surface area contributed by atoms with Gasteiger partial charge in [0, 0.05) is 19.6 Å². The van der Waals surface area contributed by atoms with Crippen LogP contribution in [0, 0.1) is 11.6 Å². The molecule has 1 aliphatic heterocycles. The Bertz CT molecular complexity index is 442. The summed E-state index contributed by atoms with van der Waals surface area (Å²) in [5, 5.41) is 10.2. The number of halogens is 2. The summed E-state index contributed by atoms with van der Waals surface area (Å²) in [7, 11) is 0. The highest BCUT2D eigenvalue weighted by Crippen LogP contribution is 2.18. The molecule has 0 bridgehead atoms. The molecule has 0 amide bonds. The van der Waals surface area contributed by atoms with E-state index >= 15 is 0 Å². The van der Waals surface area contributed by atoms with Crippen LogP contribution in [-0.2, 0) is 0 Å². The fraction of sp³-hybridized carbons (Fsp3) is 0.600. The van der Waals surface area contributed by atoms with E-state index in [-0.39, 0.29) is 0 Å². The van der Waals surface area contributed by atoms with Gasteiger partial charge in [-0.1, -0.05) is 13.0 Å². The van der Waals surface area contributed by atoms with Crippen molar-refractivity contribution < 1.29 is 13.9 Å². The highest BCUT2D eigenvalue weighted by molar-refractivity contribution is 5.20. The third-order valence-electron chi connectivity index (χ3n) is 3.89. The lowest BCUT2D eigenvalue weighted by Gasteiger charge is -2.24. The van der Waals surface area contributed by atoms with Gasteiger partial charge in [-0.25, -0.2) is 8.78 Å². The van der Waals surface area contributed by atoms with E-state index in [1.807, 2.05) is 0 Å². The lowest BCUT2D eigenvalue weighted by atomic mass is 10.1. The normalized spacial score (nSPS) is 19.8. The van der Waals surface area contributed by atoms with Crippen LogP contribution in [0.4, 0.5) is 8.78 Å². The van der Waals surface area contributed by atoms with E-state index in [2.05, 4.69) is 16.7 Å². The molecule has 1 heterocycles. The van der Waals surface area contributed by atoms with Crippen molar-refractivity contribution in [1.29, 1.82) is 0 Å². The molecule has 2 rings (SSSR count). The van der Waals surface area contributed by atoms with Crippen LogP contribution in [0.2, 0.25) is 0 Å². The molecule has 0 radical (unpaired) electrons. The van der Waals surface area contributed by atoms with E-state index in [0.717, 1.165) is 51.3 Å². The average molecular weight is 284 g/mol. The topological polar surface area (TPSA) is 26.7 Å². The first-order chi connectivity index (χ1) is 9.60. The molecular formula is C15H22F2N2O. The van der Waals surface area contributed by atoms with Crippen molar-refractivity contribution in [2.24, 2.45) is 0 Å². The van der Waals surface area contributed by atoms with Gasteiger partial charge in [0.05, 0.1) is 6.10 Å². The number of aliphatic hydroxyl groups is 1. The van der Waals surface area contributed by atoms with Crippen LogP contribution in [0.25, 0.3) is 0 Å². The van der Waals surface area contributed by atoms with Crippen molar-refractivity contribution in [3.63, 3.8) is 0 Å². The van der Waals surface area contributed by atoms with Crippen molar-refractivity contribution in [2.45, 2.75) is 19.4 Å². The second-order valence-electron chi connectivity index (χ2n) is 5.28. The molecule has 1 saturated heterocycles. The Balaban J connectivity index is 1.93. The maximum Gasteiger partial charge on any atom is 0.159 e. The second kappa shape index (κ2) is 7.11. The number of hydrogen-bond acceptors (Lipinski definition) is 3. The molecule has 0 spiro atoms. The zero-order chi connectivity index (χ0) is 14.5. The maximum absolute atomic E-state index is 13.2. The minimum atomic E-state index is -0.908. The summed E-state index contributed by atoms with van der Waals surface area (Å²) < 4.78 is 26.1. The van der Waals surface area contributed by atoms with Gasteiger partial charge in [0.2, 0.25) is 0 Å². The molecule has 112 valence electrons. The second-order valence-corrected chi connectivity index (χ2v) is 5.28. The molecule has 1 fully saturated rings. The third-order valence-corrected chi connectivity index (χ3v) is 3.89. The van der Waals surface area contributed by atoms with E-state index in [9.17, 15) is 13.9 Å². The fourth-order valence-corrected chi connectivity index (χ4v) is 2.59. The van der Waals surface area contributed by atoms with Gasteiger partial charge in [0.25, 0.3) is 0 Å². The molecule has 0 aliphatic carbocycles. The van der Waals surface area contributed by atoms with Gasteiger partial charge in [0.1, 0.15) is 0 Å². The van der Waals surface area contributed by atoms with Crippen molar-refractivity contribution in [2.75, 3.05) is 39.3 Å². The van der Waals surface area contributed by atoms with Crippen molar-refractivity contribution in [1.82, 2.24) is 9.80 Å². The summed E-state index contributed by atoms with van der Waals surface area (Å²) in [6.07, 6.45) is 0.288. The number of β-amino-alcohol motifs (C(OH)–C–C–N with tert-alkyl or cyclic N) is 1. The van der Waals surface area contributed by atoms with Gasteiger partial charge in [-0.2, -0.15) is 0 Å². The van der Waals surface area contributed by atoms with Crippen molar-refractivity contribution in [3.05, 3.63) is 35.4 Å².